The van der Waals surface area contributed by atoms with Gasteiger partial charge >= 0.3 is 0 Å². The normalized spacial score (nSPS) is 10.9. The van der Waals surface area contributed by atoms with Crippen LogP contribution < -0.4 is 10.6 Å². The molecule has 0 bridgehead atoms. The molecule has 2 aromatic carbocycles. The summed E-state index contributed by atoms with van der Waals surface area (Å²) < 4.78 is 0. The van der Waals surface area contributed by atoms with E-state index in [-0.39, 0.29) is 24.7 Å². The number of carbonyl (C=O) groups excluding carboxylic acids is 2. The first-order valence-corrected chi connectivity index (χ1v) is 13.5. The Labute approximate surface area is 229 Å². The van der Waals surface area contributed by atoms with Crippen molar-refractivity contribution in [3.8, 4) is 22.5 Å². The number of hydrogen-bond donors (Lipinski definition) is 2. The van der Waals surface area contributed by atoms with E-state index >= 15 is 0 Å². The summed E-state index contributed by atoms with van der Waals surface area (Å²) in [7, 11) is 0. The molecule has 0 aliphatic heterocycles. The van der Waals surface area contributed by atoms with Crippen molar-refractivity contribution >= 4 is 91.2 Å². The summed E-state index contributed by atoms with van der Waals surface area (Å²) in [6, 6.07) is 10.5. The highest BCUT2D eigenvalue weighted by Gasteiger charge is 2.12. The lowest BCUT2D eigenvalue weighted by atomic mass is 10.2. The fourth-order valence-electron chi connectivity index (χ4n) is 3.01. The van der Waals surface area contributed by atoms with E-state index in [9.17, 15) is 9.59 Å². The van der Waals surface area contributed by atoms with Crippen molar-refractivity contribution in [1.82, 2.24) is 9.97 Å². The number of hydrogen-bond acceptors (Lipinski definition) is 6. The van der Waals surface area contributed by atoms with Crippen molar-refractivity contribution in [2.24, 2.45) is 0 Å². The fraction of sp³-hybridized carbons (Fsp3) is 0.130. The molecule has 2 heterocycles. The zero-order valence-corrected chi connectivity index (χ0v) is 22.4. The molecule has 12 heteroatoms. The van der Waals surface area contributed by atoms with E-state index in [0.717, 1.165) is 11.1 Å². The predicted molar refractivity (Wildman–Crippen MR) is 146 cm³/mol. The Kier molecular flexibility index (Phi) is 8.64. The van der Waals surface area contributed by atoms with Crippen LogP contribution in [-0.4, -0.2) is 21.8 Å². The number of aromatic nitrogens is 2. The molecule has 2 N–H and O–H groups in total. The minimum absolute atomic E-state index is 0.182. The standard InChI is InChI=1S/C23H16Cl4N4O2S2/c24-14-6-4-12(8-16(14)26)18-10-34-22(28-18)30-20(32)2-1-3-21(33)31-23-29-19(11-35-23)13-5-7-15(25)17(27)9-13/h4-11H,1-3H2,(H,28,30,32)(H,29,31,33). The second-order valence-corrected chi connectivity index (χ2v) is 10.6. The molecule has 6 nitrogen and oxygen atoms in total. The number of nitrogens with zero attached hydrogens (tertiary/aromatic N) is 2. The van der Waals surface area contributed by atoms with Crippen LogP contribution in [0.4, 0.5) is 10.3 Å². The summed E-state index contributed by atoms with van der Waals surface area (Å²) in [6.07, 6.45) is 0.747. The summed E-state index contributed by atoms with van der Waals surface area (Å²) in [4.78, 5) is 33.3. The minimum Gasteiger partial charge on any atom is -0.302 e. The minimum atomic E-state index is -0.219. The quantitative estimate of drug-likeness (QED) is 0.218. The number of benzene rings is 2. The molecular weight excluding hydrogens is 570 g/mol. The molecule has 2 amide bonds. The Morgan fingerprint density at radius 3 is 1.51 bits per heavy atom. The number of halogens is 4. The molecule has 0 atom stereocenters. The van der Waals surface area contributed by atoms with Gasteiger partial charge in [0.15, 0.2) is 10.3 Å². The zero-order chi connectivity index (χ0) is 24.9. The monoisotopic (exact) mass is 584 g/mol. The second kappa shape index (κ2) is 11.7. The third-order valence-corrected chi connectivity index (χ3v) is 7.73. The summed E-state index contributed by atoms with van der Waals surface area (Å²) >= 11 is 26.6. The van der Waals surface area contributed by atoms with Crippen molar-refractivity contribution < 1.29 is 9.59 Å². The van der Waals surface area contributed by atoms with Gasteiger partial charge in [0.05, 0.1) is 31.5 Å². The highest BCUT2D eigenvalue weighted by molar-refractivity contribution is 7.14. The smallest absolute Gasteiger partial charge is 0.226 e. The molecule has 0 saturated heterocycles. The summed E-state index contributed by atoms with van der Waals surface area (Å²) in [6.45, 7) is 0. The maximum atomic E-state index is 12.3. The molecule has 0 radical (unpaired) electrons. The lowest BCUT2D eigenvalue weighted by molar-refractivity contribution is -0.117. The van der Waals surface area contributed by atoms with E-state index in [1.54, 1.807) is 24.3 Å². The lowest BCUT2D eigenvalue weighted by Crippen LogP contribution is -2.14. The van der Waals surface area contributed by atoms with Gasteiger partial charge in [-0.3, -0.25) is 9.59 Å². The van der Waals surface area contributed by atoms with E-state index in [1.165, 1.54) is 22.7 Å². The van der Waals surface area contributed by atoms with Crippen LogP contribution in [0.1, 0.15) is 19.3 Å². The molecule has 35 heavy (non-hydrogen) atoms. The average Bonchev–Trinajstić information content (AvgIpc) is 3.47. The van der Waals surface area contributed by atoms with E-state index in [1.807, 2.05) is 22.9 Å². The van der Waals surface area contributed by atoms with Crippen molar-refractivity contribution in [1.29, 1.82) is 0 Å². The largest absolute Gasteiger partial charge is 0.302 e. The number of carbonyl (C=O) groups is 2. The zero-order valence-electron chi connectivity index (χ0n) is 17.8. The van der Waals surface area contributed by atoms with Crippen LogP contribution in [0.2, 0.25) is 20.1 Å². The predicted octanol–water partition coefficient (Wildman–Crippen LogP) is 8.29. The van der Waals surface area contributed by atoms with Crippen LogP contribution in [0, 0.1) is 0 Å². The summed E-state index contributed by atoms with van der Waals surface area (Å²) in [5.41, 5.74) is 2.98. The van der Waals surface area contributed by atoms with Crippen molar-refractivity contribution in [2.45, 2.75) is 19.3 Å². The number of nitrogens with one attached hydrogen (secondary N) is 2. The second-order valence-electron chi connectivity index (χ2n) is 7.28. The highest BCUT2D eigenvalue weighted by atomic mass is 35.5. The average molecular weight is 586 g/mol. The molecule has 4 aromatic rings. The molecule has 2 aromatic heterocycles. The van der Waals surface area contributed by atoms with Gasteiger partial charge in [-0.25, -0.2) is 9.97 Å². The molecule has 4 rings (SSSR count). The molecule has 180 valence electrons. The van der Waals surface area contributed by atoms with Gasteiger partial charge in [-0.2, -0.15) is 0 Å². The van der Waals surface area contributed by atoms with Crippen LogP contribution in [-0.2, 0) is 9.59 Å². The molecule has 0 unspecified atom stereocenters. The highest BCUT2D eigenvalue weighted by Crippen LogP contribution is 2.32. The van der Waals surface area contributed by atoms with Crippen LogP contribution in [0.15, 0.2) is 47.2 Å². The first-order valence-electron chi connectivity index (χ1n) is 10.2. The van der Waals surface area contributed by atoms with Crippen molar-refractivity contribution in [3.05, 3.63) is 67.2 Å². The van der Waals surface area contributed by atoms with Crippen LogP contribution >= 0.6 is 69.1 Å². The topological polar surface area (TPSA) is 84.0 Å². The van der Waals surface area contributed by atoms with Gasteiger partial charge in [-0.15, -0.1) is 22.7 Å². The Morgan fingerprint density at radius 2 is 1.11 bits per heavy atom. The molecule has 0 aliphatic carbocycles. The molecular formula is C23H16Cl4N4O2S2. The number of anilines is 2. The van der Waals surface area contributed by atoms with E-state index < -0.39 is 0 Å². The first kappa shape index (κ1) is 25.9. The van der Waals surface area contributed by atoms with Gasteiger partial charge in [0, 0.05) is 34.7 Å². The van der Waals surface area contributed by atoms with Gasteiger partial charge in [0.1, 0.15) is 0 Å². The van der Waals surface area contributed by atoms with E-state index in [0.29, 0.717) is 48.2 Å². The molecule has 0 aliphatic rings. The molecule has 0 fully saturated rings. The molecule has 0 saturated carbocycles. The number of rotatable bonds is 8. The SMILES string of the molecule is O=C(CCCC(=O)Nc1nc(-c2ccc(Cl)c(Cl)c2)cs1)Nc1nc(-c2ccc(Cl)c(Cl)c2)cs1. The third kappa shape index (κ3) is 6.94. The van der Waals surface area contributed by atoms with Crippen molar-refractivity contribution in [3.63, 3.8) is 0 Å². The van der Waals surface area contributed by atoms with E-state index in [4.69, 9.17) is 46.4 Å². The lowest BCUT2D eigenvalue weighted by Gasteiger charge is -2.03. The fourth-order valence-corrected chi connectivity index (χ4v) is 5.08. The van der Waals surface area contributed by atoms with Crippen LogP contribution in [0.25, 0.3) is 22.5 Å². The summed E-state index contributed by atoms with van der Waals surface area (Å²) in [5, 5.41) is 11.9. The maximum absolute atomic E-state index is 12.3. The van der Waals surface area contributed by atoms with Gasteiger partial charge in [-0.05, 0) is 30.7 Å². The Morgan fingerprint density at radius 1 is 0.686 bits per heavy atom. The number of amides is 2. The number of thiazole rings is 2. The maximum Gasteiger partial charge on any atom is 0.226 e. The third-order valence-electron chi connectivity index (χ3n) is 4.74. The van der Waals surface area contributed by atoms with Gasteiger partial charge in [0.25, 0.3) is 0 Å². The van der Waals surface area contributed by atoms with Gasteiger partial charge in [-0.1, -0.05) is 58.5 Å². The van der Waals surface area contributed by atoms with Crippen LogP contribution in [0.5, 0.6) is 0 Å². The Bertz CT molecular complexity index is 1290. The first-order chi connectivity index (χ1) is 16.8. The summed E-state index contributed by atoms with van der Waals surface area (Å²) in [5.74, 6) is -0.437. The van der Waals surface area contributed by atoms with Gasteiger partial charge < -0.3 is 10.6 Å². The van der Waals surface area contributed by atoms with E-state index in [2.05, 4.69) is 20.6 Å². The Hall–Kier alpha value is -2.20. The van der Waals surface area contributed by atoms with Gasteiger partial charge in [0.2, 0.25) is 11.8 Å². The Balaban J connectivity index is 1.23. The van der Waals surface area contributed by atoms with Crippen LogP contribution in [0.3, 0.4) is 0 Å². The van der Waals surface area contributed by atoms with Crippen molar-refractivity contribution in [2.75, 3.05) is 10.6 Å². The molecule has 0 spiro atoms.